The van der Waals surface area contributed by atoms with Crippen molar-refractivity contribution in [2.75, 3.05) is 24.4 Å². The van der Waals surface area contributed by atoms with Crippen LogP contribution in [-0.2, 0) is 4.57 Å². The van der Waals surface area contributed by atoms with Gasteiger partial charge in [0.1, 0.15) is 13.0 Å². The van der Waals surface area contributed by atoms with Gasteiger partial charge >= 0.3 is 0 Å². The predicted molar refractivity (Wildman–Crippen MR) is 115 cm³/mol. The zero-order valence-electron chi connectivity index (χ0n) is 15.8. The molecule has 0 saturated carbocycles. The number of allylic oxidation sites excluding steroid dienone is 2. The molecule has 2 aromatic rings. The SMILES string of the molecule is C=C(/N=C(\C=C/C)c1ccc(P(C)(C)=O)cc1)Nc1cc(N)ccc1C. The highest BCUT2D eigenvalue weighted by Crippen LogP contribution is 2.34. The Morgan fingerprint density at radius 3 is 2.42 bits per heavy atom. The van der Waals surface area contributed by atoms with E-state index in [4.69, 9.17) is 5.73 Å². The molecule has 0 unspecified atom stereocenters. The molecule has 2 aromatic carbocycles. The van der Waals surface area contributed by atoms with Crippen LogP contribution in [0.2, 0.25) is 0 Å². The first-order chi connectivity index (χ1) is 12.2. The van der Waals surface area contributed by atoms with Crippen LogP contribution in [0.1, 0.15) is 18.1 Å². The molecule has 0 bridgehead atoms. The first kappa shape index (κ1) is 19.7. The number of aliphatic imine (C=N–C) groups is 1. The van der Waals surface area contributed by atoms with Crippen LogP contribution in [0.5, 0.6) is 0 Å². The van der Waals surface area contributed by atoms with Gasteiger partial charge in [-0.05, 0) is 50.9 Å². The van der Waals surface area contributed by atoms with Crippen LogP contribution in [0, 0.1) is 6.92 Å². The molecule has 0 aliphatic carbocycles. The maximum atomic E-state index is 12.2. The minimum Gasteiger partial charge on any atom is -0.399 e. The van der Waals surface area contributed by atoms with Crippen molar-refractivity contribution in [3.8, 4) is 0 Å². The number of aryl methyl sites for hydroxylation is 1. The molecule has 0 heterocycles. The number of nitrogen functional groups attached to an aromatic ring is 1. The Morgan fingerprint density at radius 1 is 1.19 bits per heavy atom. The van der Waals surface area contributed by atoms with Gasteiger partial charge in [-0.25, -0.2) is 4.99 Å². The minimum atomic E-state index is -2.27. The van der Waals surface area contributed by atoms with Crippen LogP contribution in [0.15, 0.2) is 72.0 Å². The second-order valence-electron chi connectivity index (χ2n) is 6.54. The van der Waals surface area contributed by atoms with E-state index in [0.717, 1.165) is 27.8 Å². The quantitative estimate of drug-likeness (QED) is 0.439. The number of nitrogens with one attached hydrogen (secondary N) is 1. The van der Waals surface area contributed by atoms with Gasteiger partial charge in [0, 0.05) is 22.2 Å². The second kappa shape index (κ2) is 8.20. The molecule has 0 radical (unpaired) electrons. The summed E-state index contributed by atoms with van der Waals surface area (Å²) in [5, 5.41) is 4.06. The highest BCUT2D eigenvalue weighted by atomic mass is 31.2. The summed E-state index contributed by atoms with van der Waals surface area (Å²) in [6, 6.07) is 13.3. The maximum absolute atomic E-state index is 12.2. The fraction of sp³-hybridized carbons (Fsp3) is 0.190. The molecule has 26 heavy (non-hydrogen) atoms. The molecule has 0 aliphatic heterocycles. The number of benzene rings is 2. The van der Waals surface area contributed by atoms with Crippen LogP contribution in [0.3, 0.4) is 0 Å². The Morgan fingerprint density at radius 2 is 1.85 bits per heavy atom. The number of nitrogens with two attached hydrogens (primary N) is 1. The third kappa shape index (κ3) is 5.21. The van der Waals surface area contributed by atoms with Crippen LogP contribution in [-0.4, -0.2) is 19.0 Å². The smallest absolute Gasteiger partial charge is 0.123 e. The average molecular weight is 367 g/mol. The van der Waals surface area contributed by atoms with Gasteiger partial charge in [0.2, 0.25) is 0 Å². The van der Waals surface area contributed by atoms with E-state index in [0.29, 0.717) is 11.5 Å². The molecule has 3 N–H and O–H groups in total. The summed E-state index contributed by atoms with van der Waals surface area (Å²) in [6.45, 7) is 11.5. The largest absolute Gasteiger partial charge is 0.399 e. The normalized spacial score (nSPS) is 12.4. The molecular weight excluding hydrogens is 341 g/mol. The van der Waals surface area contributed by atoms with E-state index in [1.165, 1.54) is 0 Å². The lowest BCUT2D eigenvalue weighted by molar-refractivity contribution is 0.588. The Kier molecular flexibility index (Phi) is 6.23. The maximum Gasteiger partial charge on any atom is 0.123 e. The number of rotatable bonds is 6. The monoisotopic (exact) mass is 367 g/mol. The molecule has 2 rings (SSSR count). The van der Waals surface area contributed by atoms with E-state index in [1.54, 1.807) is 13.3 Å². The Labute approximate surface area is 155 Å². The zero-order valence-corrected chi connectivity index (χ0v) is 16.7. The summed E-state index contributed by atoms with van der Waals surface area (Å²) in [7, 11) is -2.27. The Balaban J connectivity index is 2.29. The lowest BCUT2D eigenvalue weighted by Gasteiger charge is -2.12. The van der Waals surface area contributed by atoms with E-state index in [9.17, 15) is 4.57 Å². The molecular formula is C21H26N3OP. The summed E-state index contributed by atoms with van der Waals surface area (Å²) in [6.07, 6.45) is 3.85. The average Bonchev–Trinajstić information content (AvgIpc) is 2.57. The molecule has 4 nitrogen and oxygen atoms in total. The minimum absolute atomic E-state index is 0.521. The fourth-order valence-corrected chi connectivity index (χ4v) is 3.32. The van der Waals surface area contributed by atoms with Crippen LogP contribution >= 0.6 is 7.14 Å². The summed E-state index contributed by atoms with van der Waals surface area (Å²) < 4.78 is 12.2. The number of hydrogen-bond donors (Lipinski definition) is 2. The van der Waals surface area contributed by atoms with Gasteiger partial charge in [-0.2, -0.15) is 0 Å². The topological polar surface area (TPSA) is 67.5 Å². The highest BCUT2D eigenvalue weighted by molar-refractivity contribution is 7.70. The lowest BCUT2D eigenvalue weighted by Crippen LogP contribution is -2.07. The van der Waals surface area contributed by atoms with Crippen molar-refractivity contribution in [1.29, 1.82) is 0 Å². The van der Waals surface area contributed by atoms with E-state index in [2.05, 4.69) is 16.9 Å². The van der Waals surface area contributed by atoms with Crippen molar-refractivity contribution in [2.24, 2.45) is 4.99 Å². The zero-order chi connectivity index (χ0) is 19.3. The highest BCUT2D eigenvalue weighted by Gasteiger charge is 2.11. The first-order valence-corrected chi connectivity index (χ1v) is 11.0. The predicted octanol–water partition coefficient (Wildman–Crippen LogP) is 4.77. The Bertz CT molecular complexity index is 905. The number of hydrogen-bond acceptors (Lipinski definition) is 4. The molecule has 0 fully saturated rings. The van der Waals surface area contributed by atoms with Crippen molar-refractivity contribution in [1.82, 2.24) is 0 Å². The van der Waals surface area contributed by atoms with E-state index >= 15 is 0 Å². The third-order valence-electron chi connectivity index (χ3n) is 3.91. The molecule has 5 heteroatoms. The summed E-state index contributed by atoms with van der Waals surface area (Å²) in [4.78, 5) is 4.61. The summed E-state index contributed by atoms with van der Waals surface area (Å²) in [5.74, 6) is 0.521. The van der Waals surface area contributed by atoms with Crippen molar-refractivity contribution in [3.05, 3.63) is 78.1 Å². The van der Waals surface area contributed by atoms with Crippen LogP contribution < -0.4 is 16.4 Å². The molecule has 0 aliphatic rings. The Hall–Kier alpha value is -2.58. The second-order valence-corrected chi connectivity index (χ2v) is 9.76. The molecule has 0 saturated heterocycles. The summed E-state index contributed by atoms with van der Waals surface area (Å²) >= 11 is 0. The summed E-state index contributed by atoms with van der Waals surface area (Å²) in [5.41, 5.74) is 10.2. The molecule has 0 atom stereocenters. The number of anilines is 2. The van der Waals surface area contributed by atoms with E-state index in [-0.39, 0.29) is 0 Å². The molecule has 0 amide bonds. The van der Waals surface area contributed by atoms with E-state index in [1.807, 2.05) is 68.5 Å². The van der Waals surface area contributed by atoms with E-state index < -0.39 is 7.14 Å². The third-order valence-corrected chi connectivity index (χ3v) is 5.45. The van der Waals surface area contributed by atoms with Gasteiger partial charge in [-0.3, -0.25) is 0 Å². The standard InChI is InChI=1S/C21H26N3OP/c1-6-7-20(17-9-12-19(13-10-17)26(4,5)25)23-16(3)24-21-14-18(22)11-8-15(21)2/h6-14,24H,3,22H2,1-2,4-5H3/b7-6-,23-20+. The van der Waals surface area contributed by atoms with Crippen LogP contribution in [0.25, 0.3) is 0 Å². The van der Waals surface area contributed by atoms with Gasteiger partial charge in [0.15, 0.2) is 0 Å². The van der Waals surface area contributed by atoms with Gasteiger partial charge in [-0.1, -0.05) is 43.0 Å². The van der Waals surface area contributed by atoms with Crippen molar-refractivity contribution >= 4 is 29.5 Å². The first-order valence-electron chi connectivity index (χ1n) is 8.40. The molecule has 0 spiro atoms. The van der Waals surface area contributed by atoms with Crippen molar-refractivity contribution in [3.63, 3.8) is 0 Å². The fourth-order valence-electron chi connectivity index (χ4n) is 2.45. The van der Waals surface area contributed by atoms with Crippen LogP contribution in [0.4, 0.5) is 11.4 Å². The van der Waals surface area contributed by atoms with Gasteiger partial charge in [-0.15, -0.1) is 0 Å². The molecule has 136 valence electrons. The number of nitrogens with zero attached hydrogens (tertiary/aromatic N) is 1. The van der Waals surface area contributed by atoms with Crippen molar-refractivity contribution < 1.29 is 4.57 Å². The molecule has 0 aromatic heterocycles. The lowest BCUT2D eigenvalue weighted by atomic mass is 10.1. The van der Waals surface area contributed by atoms with Gasteiger partial charge in [0.25, 0.3) is 0 Å². The van der Waals surface area contributed by atoms with Gasteiger partial charge in [0.05, 0.1) is 5.71 Å². The van der Waals surface area contributed by atoms with Crippen molar-refractivity contribution in [2.45, 2.75) is 13.8 Å². The van der Waals surface area contributed by atoms with Gasteiger partial charge < -0.3 is 15.6 Å².